The Morgan fingerprint density at radius 3 is 2.14 bits per heavy atom. The van der Waals surface area contributed by atoms with Crippen molar-refractivity contribution in [1.29, 1.82) is 0 Å². The largest absolute Gasteiger partial charge is 0.426 e. The third kappa shape index (κ3) is 3.32. The highest BCUT2D eigenvalue weighted by molar-refractivity contribution is 6.42. The van der Waals surface area contributed by atoms with Gasteiger partial charge in [-0.15, -0.1) is 0 Å². The molecule has 0 amide bonds. The van der Waals surface area contributed by atoms with Crippen LogP contribution in [-0.4, -0.2) is 11.8 Å². The van der Waals surface area contributed by atoms with E-state index in [2.05, 4.69) is 0 Å². The molecule has 2 aromatic carbocycles. The van der Waals surface area contributed by atoms with Gasteiger partial charge in [0.25, 0.3) is 0 Å². The van der Waals surface area contributed by atoms with Gasteiger partial charge in [0.1, 0.15) is 5.75 Å². The molecule has 0 radical (unpaired) electrons. The standard InChI is InChI=1S/C17H12Cl2O3/c18-14-8-5-12(9-15(14)19)16(20)10-3-6-13(7-4-10)22-17(21)11-1-2-11/h3-9,11H,1-2H2. The fourth-order valence-corrected chi connectivity index (χ4v) is 2.30. The molecule has 0 unspecified atom stereocenters. The maximum Gasteiger partial charge on any atom is 0.314 e. The SMILES string of the molecule is O=C(c1ccc(OC(=O)C2CC2)cc1)c1ccc(Cl)c(Cl)c1. The molecule has 112 valence electrons. The lowest BCUT2D eigenvalue weighted by molar-refractivity contribution is -0.135. The van der Waals surface area contributed by atoms with Crippen LogP contribution >= 0.6 is 23.2 Å². The van der Waals surface area contributed by atoms with Crippen molar-refractivity contribution < 1.29 is 14.3 Å². The number of ether oxygens (including phenoxy) is 1. The van der Waals surface area contributed by atoms with E-state index in [1.54, 1.807) is 36.4 Å². The summed E-state index contributed by atoms with van der Waals surface area (Å²) < 4.78 is 5.22. The van der Waals surface area contributed by atoms with Gasteiger partial charge in [-0.3, -0.25) is 9.59 Å². The highest BCUT2D eigenvalue weighted by Crippen LogP contribution is 2.31. The van der Waals surface area contributed by atoms with E-state index in [4.69, 9.17) is 27.9 Å². The van der Waals surface area contributed by atoms with Gasteiger partial charge in [0, 0.05) is 11.1 Å². The summed E-state index contributed by atoms with van der Waals surface area (Å²) in [5, 5.41) is 0.739. The quantitative estimate of drug-likeness (QED) is 0.468. The van der Waals surface area contributed by atoms with Gasteiger partial charge in [0.05, 0.1) is 16.0 Å². The molecule has 0 bridgehead atoms. The summed E-state index contributed by atoms with van der Waals surface area (Å²) in [6.45, 7) is 0. The van der Waals surface area contributed by atoms with Crippen LogP contribution in [0.25, 0.3) is 0 Å². The van der Waals surface area contributed by atoms with Gasteiger partial charge in [-0.1, -0.05) is 23.2 Å². The fourth-order valence-electron chi connectivity index (χ4n) is 2.00. The number of benzene rings is 2. The van der Waals surface area contributed by atoms with Crippen LogP contribution in [0.15, 0.2) is 42.5 Å². The Bertz CT molecular complexity index is 734. The lowest BCUT2D eigenvalue weighted by Crippen LogP contribution is -2.10. The summed E-state index contributed by atoms with van der Waals surface area (Å²) in [6, 6.07) is 11.2. The van der Waals surface area contributed by atoms with Crippen molar-refractivity contribution in [2.75, 3.05) is 0 Å². The molecule has 1 saturated carbocycles. The van der Waals surface area contributed by atoms with Crippen molar-refractivity contribution in [3.8, 4) is 5.75 Å². The molecule has 22 heavy (non-hydrogen) atoms. The zero-order chi connectivity index (χ0) is 15.7. The van der Waals surface area contributed by atoms with Crippen LogP contribution in [0.1, 0.15) is 28.8 Å². The molecule has 3 rings (SSSR count). The van der Waals surface area contributed by atoms with Crippen LogP contribution in [0.4, 0.5) is 0 Å². The molecule has 0 heterocycles. The van der Waals surface area contributed by atoms with Gasteiger partial charge in [-0.25, -0.2) is 0 Å². The first-order chi connectivity index (χ1) is 10.5. The molecule has 0 atom stereocenters. The molecule has 5 heteroatoms. The second-order valence-corrected chi connectivity index (χ2v) is 5.99. The number of hydrogen-bond donors (Lipinski definition) is 0. The molecule has 2 aromatic rings. The first kappa shape index (κ1) is 15.1. The van der Waals surface area contributed by atoms with Gasteiger partial charge in [0.15, 0.2) is 5.78 Å². The number of rotatable bonds is 4. The first-order valence-electron chi connectivity index (χ1n) is 6.86. The maximum atomic E-state index is 12.4. The number of esters is 1. The monoisotopic (exact) mass is 334 g/mol. The minimum Gasteiger partial charge on any atom is -0.426 e. The van der Waals surface area contributed by atoms with E-state index in [1.807, 2.05) is 0 Å². The van der Waals surface area contributed by atoms with E-state index >= 15 is 0 Å². The Labute approximate surface area is 137 Å². The predicted molar refractivity (Wildman–Crippen MR) is 84.7 cm³/mol. The summed E-state index contributed by atoms with van der Waals surface area (Å²) >= 11 is 11.8. The Morgan fingerprint density at radius 2 is 1.55 bits per heavy atom. The molecule has 1 aliphatic rings. The van der Waals surface area contributed by atoms with Crippen LogP contribution in [0.2, 0.25) is 10.0 Å². The summed E-state index contributed by atoms with van der Waals surface area (Å²) in [6.07, 6.45) is 1.79. The van der Waals surface area contributed by atoms with Crippen molar-refractivity contribution in [1.82, 2.24) is 0 Å². The minimum atomic E-state index is -0.205. The molecule has 3 nitrogen and oxygen atoms in total. The highest BCUT2D eigenvalue weighted by Gasteiger charge is 2.31. The normalized spacial score (nSPS) is 13.7. The second kappa shape index (κ2) is 6.11. The van der Waals surface area contributed by atoms with Gasteiger partial charge >= 0.3 is 5.97 Å². The van der Waals surface area contributed by atoms with Gasteiger partial charge < -0.3 is 4.74 Å². The van der Waals surface area contributed by atoms with Crippen molar-refractivity contribution in [2.45, 2.75) is 12.8 Å². The fraction of sp³-hybridized carbons (Fsp3) is 0.176. The highest BCUT2D eigenvalue weighted by atomic mass is 35.5. The summed E-state index contributed by atoms with van der Waals surface area (Å²) in [4.78, 5) is 23.9. The van der Waals surface area contributed by atoms with Crippen LogP contribution in [0.5, 0.6) is 5.75 Å². The second-order valence-electron chi connectivity index (χ2n) is 5.18. The van der Waals surface area contributed by atoms with Crippen molar-refractivity contribution in [2.24, 2.45) is 5.92 Å². The minimum absolute atomic E-state index is 0.0394. The molecule has 0 aromatic heterocycles. The first-order valence-corrected chi connectivity index (χ1v) is 7.61. The van der Waals surface area contributed by atoms with Crippen molar-refractivity contribution >= 4 is 35.0 Å². The molecular weight excluding hydrogens is 323 g/mol. The average molecular weight is 335 g/mol. The van der Waals surface area contributed by atoms with E-state index < -0.39 is 0 Å². The topological polar surface area (TPSA) is 43.4 Å². The molecule has 1 fully saturated rings. The maximum absolute atomic E-state index is 12.4. The van der Waals surface area contributed by atoms with Gasteiger partial charge in [0.2, 0.25) is 0 Å². The number of hydrogen-bond acceptors (Lipinski definition) is 3. The van der Waals surface area contributed by atoms with Crippen LogP contribution in [0.3, 0.4) is 0 Å². The van der Waals surface area contributed by atoms with Crippen molar-refractivity contribution in [3.05, 3.63) is 63.6 Å². The van der Waals surface area contributed by atoms with E-state index in [-0.39, 0.29) is 17.7 Å². The van der Waals surface area contributed by atoms with Crippen LogP contribution in [-0.2, 0) is 4.79 Å². The number of halogens is 2. The molecule has 1 aliphatic carbocycles. The molecule has 0 saturated heterocycles. The van der Waals surface area contributed by atoms with E-state index in [9.17, 15) is 9.59 Å². The zero-order valence-corrected chi connectivity index (χ0v) is 13.0. The molecule has 0 aliphatic heterocycles. The lowest BCUT2D eigenvalue weighted by atomic mass is 10.0. The molecule has 0 spiro atoms. The summed E-state index contributed by atoms with van der Waals surface area (Å²) in [5.74, 6) is 0.113. The Kier molecular flexibility index (Phi) is 4.19. The number of ketones is 1. The average Bonchev–Trinajstić information content (AvgIpc) is 3.35. The third-order valence-corrected chi connectivity index (χ3v) is 4.17. The van der Waals surface area contributed by atoms with Crippen LogP contribution in [0, 0.1) is 5.92 Å². The van der Waals surface area contributed by atoms with Gasteiger partial charge in [-0.05, 0) is 55.3 Å². The molecule has 0 N–H and O–H groups in total. The lowest BCUT2D eigenvalue weighted by Gasteiger charge is -2.06. The number of carbonyl (C=O) groups excluding carboxylic acids is 2. The predicted octanol–water partition coefficient (Wildman–Crippen LogP) is 4.54. The molecular formula is C17H12Cl2O3. The van der Waals surface area contributed by atoms with E-state index in [1.165, 1.54) is 6.07 Å². The van der Waals surface area contributed by atoms with Gasteiger partial charge in [-0.2, -0.15) is 0 Å². The Balaban J connectivity index is 1.75. The van der Waals surface area contributed by atoms with E-state index in [0.717, 1.165) is 12.8 Å². The zero-order valence-electron chi connectivity index (χ0n) is 11.5. The Morgan fingerprint density at radius 1 is 0.909 bits per heavy atom. The third-order valence-electron chi connectivity index (χ3n) is 3.43. The Hall–Kier alpha value is -1.84. The smallest absolute Gasteiger partial charge is 0.314 e. The number of carbonyl (C=O) groups is 2. The summed E-state index contributed by atoms with van der Waals surface area (Å²) in [7, 11) is 0. The van der Waals surface area contributed by atoms with Crippen LogP contribution < -0.4 is 4.74 Å². The summed E-state index contributed by atoms with van der Waals surface area (Å²) in [5.41, 5.74) is 0.946. The van der Waals surface area contributed by atoms with Crippen molar-refractivity contribution in [3.63, 3.8) is 0 Å². The van der Waals surface area contributed by atoms with E-state index in [0.29, 0.717) is 26.9 Å².